The Morgan fingerprint density at radius 3 is 2.90 bits per heavy atom. The first-order valence-corrected chi connectivity index (χ1v) is 6.66. The number of pyridine rings is 1. The lowest BCUT2D eigenvalue weighted by atomic mass is 10.1. The minimum Gasteiger partial charge on any atom is -0.352 e. The van der Waals surface area contributed by atoms with Crippen molar-refractivity contribution in [2.24, 2.45) is 0 Å². The second-order valence-corrected chi connectivity index (χ2v) is 4.61. The first-order chi connectivity index (χ1) is 9.74. The largest absolute Gasteiger partial charge is 0.352 e. The molecule has 0 aliphatic rings. The molecule has 0 saturated heterocycles. The number of carbonyl (C=O) groups excluding carboxylic acids is 1. The average Bonchev–Trinajstić information content (AvgIpc) is 2.46. The van der Waals surface area contributed by atoms with Crippen LogP contribution in [0.2, 0.25) is 0 Å². The molecule has 2 rings (SSSR count). The van der Waals surface area contributed by atoms with E-state index < -0.39 is 0 Å². The maximum absolute atomic E-state index is 11.7. The van der Waals surface area contributed by atoms with Crippen molar-refractivity contribution < 1.29 is 4.79 Å². The quantitative estimate of drug-likeness (QED) is 0.845. The summed E-state index contributed by atoms with van der Waals surface area (Å²) in [5.74, 6) is -0.0811. The number of aromatic nitrogens is 1. The summed E-state index contributed by atoms with van der Waals surface area (Å²) < 4.78 is 0. The Bertz CT molecular complexity index is 591. The molecule has 0 saturated carbocycles. The van der Waals surface area contributed by atoms with Gasteiger partial charge in [-0.05, 0) is 30.7 Å². The van der Waals surface area contributed by atoms with Gasteiger partial charge in [0, 0.05) is 30.9 Å². The van der Waals surface area contributed by atoms with Crippen molar-refractivity contribution >= 4 is 12.0 Å². The molecule has 102 valence electrons. The van der Waals surface area contributed by atoms with E-state index in [0.29, 0.717) is 6.54 Å². The molecule has 1 heterocycles. The van der Waals surface area contributed by atoms with E-state index in [9.17, 15) is 4.79 Å². The molecule has 1 aromatic heterocycles. The van der Waals surface area contributed by atoms with Crippen LogP contribution in [0.15, 0.2) is 54.7 Å². The second kappa shape index (κ2) is 7.24. The van der Waals surface area contributed by atoms with Gasteiger partial charge in [0.15, 0.2) is 0 Å². The fourth-order valence-corrected chi connectivity index (χ4v) is 1.86. The van der Waals surface area contributed by atoms with Crippen LogP contribution < -0.4 is 5.32 Å². The van der Waals surface area contributed by atoms with Crippen LogP contribution in [0.4, 0.5) is 0 Å². The monoisotopic (exact) mass is 266 g/mol. The number of carbonyl (C=O) groups is 1. The predicted octanol–water partition coefficient (Wildman–Crippen LogP) is 2.76. The molecule has 3 nitrogen and oxygen atoms in total. The van der Waals surface area contributed by atoms with Crippen molar-refractivity contribution in [1.29, 1.82) is 0 Å². The average molecular weight is 266 g/mol. The molecular formula is C17H18N2O. The Kier molecular flexibility index (Phi) is 5.07. The van der Waals surface area contributed by atoms with Crippen LogP contribution in [0.25, 0.3) is 6.08 Å². The van der Waals surface area contributed by atoms with Crippen LogP contribution in [0.3, 0.4) is 0 Å². The lowest BCUT2D eigenvalue weighted by Gasteiger charge is -2.01. The van der Waals surface area contributed by atoms with Gasteiger partial charge in [0.25, 0.3) is 0 Å². The van der Waals surface area contributed by atoms with Gasteiger partial charge in [0.2, 0.25) is 5.91 Å². The third-order valence-electron chi connectivity index (χ3n) is 2.88. The van der Waals surface area contributed by atoms with Crippen LogP contribution >= 0.6 is 0 Å². The minimum absolute atomic E-state index is 0.0811. The molecule has 0 bridgehead atoms. The maximum atomic E-state index is 11.7. The Morgan fingerprint density at radius 1 is 1.25 bits per heavy atom. The lowest BCUT2D eigenvalue weighted by Crippen LogP contribution is -2.23. The smallest absolute Gasteiger partial charge is 0.244 e. The molecule has 20 heavy (non-hydrogen) atoms. The van der Waals surface area contributed by atoms with E-state index in [1.807, 2.05) is 55.5 Å². The number of hydrogen-bond acceptors (Lipinski definition) is 2. The fourth-order valence-electron chi connectivity index (χ4n) is 1.86. The van der Waals surface area contributed by atoms with E-state index in [1.54, 1.807) is 12.3 Å². The standard InChI is InChI=1S/C17H18N2O/c1-14-5-4-6-15(13-14)8-9-17(20)19-12-10-16-7-2-3-11-18-16/h2-9,11,13H,10,12H2,1H3,(H,19,20). The zero-order valence-corrected chi connectivity index (χ0v) is 11.5. The van der Waals surface area contributed by atoms with E-state index in [-0.39, 0.29) is 5.91 Å². The molecule has 1 N–H and O–H groups in total. The third kappa shape index (κ3) is 4.69. The number of rotatable bonds is 5. The molecular weight excluding hydrogens is 248 g/mol. The summed E-state index contributed by atoms with van der Waals surface area (Å²) in [6, 6.07) is 13.8. The molecule has 0 unspecified atom stereocenters. The molecule has 0 atom stereocenters. The van der Waals surface area contributed by atoms with Crippen LogP contribution in [-0.4, -0.2) is 17.4 Å². The highest BCUT2D eigenvalue weighted by Gasteiger charge is 1.97. The van der Waals surface area contributed by atoms with Gasteiger partial charge in [-0.3, -0.25) is 9.78 Å². The van der Waals surface area contributed by atoms with Gasteiger partial charge in [-0.25, -0.2) is 0 Å². The van der Waals surface area contributed by atoms with E-state index in [0.717, 1.165) is 17.7 Å². The molecule has 2 aromatic rings. The fraction of sp³-hybridized carbons (Fsp3) is 0.176. The molecule has 0 aliphatic carbocycles. The number of nitrogens with zero attached hydrogens (tertiary/aromatic N) is 1. The first-order valence-electron chi connectivity index (χ1n) is 6.66. The van der Waals surface area contributed by atoms with Crippen molar-refractivity contribution in [1.82, 2.24) is 10.3 Å². The number of hydrogen-bond donors (Lipinski definition) is 1. The van der Waals surface area contributed by atoms with E-state index in [1.165, 1.54) is 5.56 Å². The Labute approximate surface area is 119 Å². The van der Waals surface area contributed by atoms with Crippen LogP contribution in [0, 0.1) is 6.92 Å². The Hall–Kier alpha value is -2.42. The highest BCUT2D eigenvalue weighted by atomic mass is 16.1. The summed E-state index contributed by atoms with van der Waals surface area (Å²) >= 11 is 0. The van der Waals surface area contributed by atoms with E-state index in [4.69, 9.17) is 0 Å². The summed E-state index contributed by atoms with van der Waals surface area (Å²) in [6.45, 7) is 2.62. The van der Waals surface area contributed by atoms with Crippen molar-refractivity contribution in [3.05, 3.63) is 71.6 Å². The van der Waals surface area contributed by atoms with Crippen molar-refractivity contribution in [2.45, 2.75) is 13.3 Å². The number of amides is 1. The maximum Gasteiger partial charge on any atom is 0.244 e. The third-order valence-corrected chi connectivity index (χ3v) is 2.88. The van der Waals surface area contributed by atoms with Crippen LogP contribution in [0.5, 0.6) is 0 Å². The highest BCUT2D eigenvalue weighted by molar-refractivity contribution is 5.91. The van der Waals surface area contributed by atoms with Gasteiger partial charge in [0.05, 0.1) is 0 Å². The van der Waals surface area contributed by atoms with Crippen LogP contribution in [0.1, 0.15) is 16.8 Å². The normalized spacial score (nSPS) is 10.7. The molecule has 0 fully saturated rings. The highest BCUT2D eigenvalue weighted by Crippen LogP contribution is 2.05. The second-order valence-electron chi connectivity index (χ2n) is 4.61. The van der Waals surface area contributed by atoms with Crippen LogP contribution in [-0.2, 0) is 11.2 Å². The molecule has 0 spiro atoms. The van der Waals surface area contributed by atoms with Gasteiger partial charge in [0.1, 0.15) is 0 Å². The molecule has 0 radical (unpaired) electrons. The Balaban J connectivity index is 1.78. The number of benzene rings is 1. The first kappa shape index (κ1) is 14.0. The zero-order chi connectivity index (χ0) is 14.2. The lowest BCUT2D eigenvalue weighted by molar-refractivity contribution is -0.116. The summed E-state index contributed by atoms with van der Waals surface area (Å²) in [7, 11) is 0. The van der Waals surface area contributed by atoms with Gasteiger partial charge < -0.3 is 5.32 Å². The molecule has 1 aromatic carbocycles. The predicted molar refractivity (Wildman–Crippen MR) is 81.2 cm³/mol. The summed E-state index contributed by atoms with van der Waals surface area (Å²) in [5.41, 5.74) is 3.20. The molecule has 1 amide bonds. The van der Waals surface area contributed by atoms with Gasteiger partial charge >= 0.3 is 0 Å². The van der Waals surface area contributed by atoms with Gasteiger partial charge in [-0.15, -0.1) is 0 Å². The molecule has 3 heteroatoms. The van der Waals surface area contributed by atoms with E-state index in [2.05, 4.69) is 10.3 Å². The summed E-state index contributed by atoms with van der Waals surface area (Å²) in [4.78, 5) is 15.9. The number of aryl methyl sites for hydroxylation is 1. The van der Waals surface area contributed by atoms with Crippen molar-refractivity contribution in [3.63, 3.8) is 0 Å². The summed E-state index contributed by atoms with van der Waals surface area (Å²) in [6.07, 6.45) is 5.88. The number of nitrogens with one attached hydrogen (secondary N) is 1. The Morgan fingerprint density at radius 2 is 2.15 bits per heavy atom. The van der Waals surface area contributed by atoms with Gasteiger partial charge in [-0.2, -0.15) is 0 Å². The van der Waals surface area contributed by atoms with E-state index >= 15 is 0 Å². The zero-order valence-electron chi connectivity index (χ0n) is 11.5. The molecule has 0 aliphatic heterocycles. The van der Waals surface area contributed by atoms with Crippen molar-refractivity contribution in [3.8, 4) is 0 Å². The SMILES string of the molecule is Cc1cccc(C=CC(=O)NCCc2ccccn2)c1. The topological polar surface area (TPSA) is 42.0 Å². The van der Waals surface area contributed by atoms with Crippen molar-refractivity contribution in [2.75, 3.05) is 6.54 Å². The minimum atomic E-state index is -0.0811. The van der Waals surface area contributed by atoms with Gasteiger partial charge in [-0.1, -0.05) is 35.9 Å². The summed E-state index contributed by atoms with van der Waals surface area (Å²) in [5, 5.41) is 2.85.